The van der Waals surface area contributed by atoms with Gasteiger partial charge in [0.25, 0.3) is 0 Å². The molecule has 0 radical (unpaired) electrons. The van der Waals surface area contributed by atoms with Gasteiger partial charge in [-0.1, -0.05) is 11.6 Å². The predicted octanol–water partition coefficient (Wildman–Crippen LogP) is 3.73. The van der Waals surface area contributed by atoms with Gasteiger partial charge >= 0.3 is 0 Å². The Balaban J connectivity index is 2.22. The Bertz CT molecular complexity index is 530. The molecule has 0 aliphatic heterocycles. The molecule has 1 aromatic heterocycles. The van der Waals surface area contributed by atoms with Crippen LogP contribution >= 0.6 is 11.6 Å². The fourth-order valence-corrected chi connectivity index (χ4v) is 2.02. The summed E-state index contributed by atoms with van der Waals surface area (Å²) in [4.78, 5) is 4.32. The lowest BCUT2D eigenvalue weighted by Gasteiger charge is -2.16. The first kappa shape index (κ1) is 13.1. The highest BCUT2D eigenvalue weighted by molar-refractivity contribution is 6.31. The van der Waals surface area contributed by atoms with Gasteiger partial charge in [-0.15, -0.1) is 0 Å². The van der Waals surface area contributed by atoms with Crippen molar-refractivity contribution >= 4 is 28.2 Å². The quantitative estimate of drug-likeness (QED) is 0.894. The zero-order chi connectivity index (χ0) is 13.0. The van der Waals surface area contributed by atoms with E-state index < -0.39 is 0 Å². The van der Waals surface area contributed by atoms with Gasteiger partial charge in [0.2, 0.25) is 0 Å². The number of benzene rings is 1. The molecule has 0 aliphatic carbocycles. The highest BCUT2D eigenvalue weighted by Crippen LogP contribution is 2.24. The molecule has 0 spiro atoms. The Morgan fingerprint density at radius 1 is 1.39 bits per heavy atom. The zero-order valence-electron chi connectivity index (χ0n) is 10.6. The van der Waals surface area contributed by atoms with Crippen LogP contribution in [0.3, 0.4) is 0 Å². The third kappa shape index (κ3) is 3.12. The van der Waals surface area contributed by atoms with Crippen molar-refractivity contribution in [2.75, 3.05) is 18.5 Å². The Labute approximate surface area is 112 Å². The van der Waals surface area contributed by atoms with Gasteiger partial charge in [-0.2, -0.15) is 0 Å². The second-order valence-electron chi connectivity index (χ2n) is 4.22. The molecule has 0 bridgehead atoms. The highest BCUT2D eigenvalue weighted by atomic mass is 35.5. The molecule has 4 heteroatoms. The molecule has 1 unspecified atom stereocenters. The van der Waals surface area contributed by atoms with E-state index in [-0.39, 0.29) is 6.04 Å². The molecule has 1 atom stereocenters. The van der Waals surface area contributed by atoms with Crippen molar-refractivity contribution < 1.29 is 4.74 Å². The van der Waals surface area contributed by atoms with E-state index in [2.05, 4.69) is 17.2 Å². The first-order chi connectivity index (χ1) is 8.70. The van der Waals surface area contributed by atoms with Gasteiger partial charge in [-0.25, -0.2) is 0 Å². The molecular weight excluding hydrogens is 248 g/mol. The lowest BCUT2D eigenvalue weighted by atomic mass is 10.1. The summed E-state index contributed by atoms with van der Waals surface area (Å²) in [6.07, 6.45) is 1.79. The molecule has 18 heavy (non-hydrogen) atoms. The molecule has 1 N–H and O–H groups in total. The number of ether oxygens (including phenoxy) is 1. The number of anilines is 1. The van der Waals surface area contributed by atoms with E-state index in [1.807, 2.05) is 31.2 Å². The first-order valence-corrected chi connectivity index (χ1v) is 6.47. The molecule has 1 heterocycles. The van der Waals surface area contributed by atoms with Gasteiger partial charge in [0.15, 0.2) is 0 Å². The van der Waals surface area contributed by atoms with Crippen molar-refractivity contribution in [1.82, 2.24) is 4.98 Å². The number of aromatic nitrogens is 1. The van der Waals surface area contributed by atoms with Crippen LogP contribution < -0.4 is 5.32 Å². The average Bonchev–Trinajstić information content (AvgIpc) is 2.36. The Kier molecular flexibility index (Phi) is 4.39. The van der Waals surface area contributed by atoms with Crippen LogP contribution in [0.15, 0.2) is 30.5 Å². The van der Waals surface area contributed by atoms with Crippen molar-refractivity contribution in [3.8, 4) is 0 Å². The minimum Gasteiger partial charge on any atom is -0.380 e. The summed E-state index contributed by atoms with van der Waals surface area (Å²) in [6.45, 7) is 5.51. The molecule has 1 aromatic carbocycles. The van der Waals surface area contributed by atoms with Gasteiger partial charge in [0.1, 0.15) is 0 Å². The van der Waals surface area contributed by atoms with Crippen LogP contribution in [0.25, 0.3) is 10.9 Å². The summed E-state index contributed by atoms with van der Waals surface area (Å²) in [5.74, 6) is 0. The molecule has 0 aliphatic rings. The van der Waals surface area contributed by atoms with Crippen LogP contribution in [0.5, 0.6) is 0 Å². The van der Waals surface area contributed by atoms with Crippen molar-refractivity contribution in [3.05, 3.63) is 35.5 Å². The number of nitrogens with one attached hydrogen (secondary N) is 1. The minimum atomic E-state index is 0.256. The van der Waals surface area contributed by atoms with Gasteiger partial charge < -0.3 is 10.1 Å². The molecule has 3 nitrogen and oxygen atoms in total. The van der Waals surface area contributed by atoms with Crippen LogP contribution in [0.2, 0.25) is 5.02 Å². The Morgan fingerprint density at radius 3 is 3.00 bits per heavy atom. The number of pyridine rings is 1. The largest absolute Gasteiger partial charge is 0.380 e. The first-order valence-electron chi connectivity index (χ1n) is 6.09. The maximum absolute atomic E-state index is 5.96. The summed E-state index contributed by atoms with van der Waals surface area (Å²) in [5.41, 5.74) is 1.96. The SMILES string of the molecule is CCOCC(C)Nc1ccnc2cc(Cl)ccc12. The number of hydrogen-bond donors (Lipinski definition) is 1. The number of fused-ring (bicyclic) bond motifs is 1. The lowest BCUT2D eigenvalue weighted by molar-refractivity contribution is 0.141. The van der Waals surface area contributed by atoms with Crippen LogP contribution in [-0.2, 0) is 4.74 Å². The standard InChI is InChI=1S/C14H17ClN2O/c1-3-18-9-10(2)17-13-6-7-16-14-8-11(15)4-5-12(13)14/h4-8,10H,3,9H2,1-2H3,(H,16,17). The monoisotopic (exact) mass is 264 g/mol. The maximum Gasteiger partial charge on any atom is 0.0737 e. The third-order valence-electron chi connectivity index (χ3n) is 2.68. The van der Waals surface area contributed by atoms with E-state index in [0.717, 1.165) is 23.2 Å². The van der Waals surface area contributed by atoms with E-state index in [1.54, 1.807) is 6.20 Å². The molecule has 96 valence electrons. The summed E-state index contributed by atoms with van der Waals surface area (Å²) < 4.78 is 5.40. The smallest absolute Gasteiger partial charge is 0.0737 e. The maximum atomic E-state index is 5.96. The summed E-state index contributed by atoms with van der Waals surface area (Å²) >= 11 is 5.96. The van der Waals surface area contributed by atoms with Crippen molar-refractivity contribution in [1.29, 1.82) is 0 Å². The van der Waals surface area contributed by atoms with Gasteiger partial charge in [-0.3, -0.25) is 4.98 Å². The summed E-state index contributed by atoms with van der Waals surface area (Å²) in [5, 5.41) is 5.21. The number of rotatable bonds is 5. The third-order valence-corrected chi connectivity index (χ3v) is 2.91. The van der Waals surface area contributed by atoms with Gasteiger partial charge in [-0.05, 0) is 38.1 Å². The Morgan fingerprint density at radius 2 is 2.22 bits per heavy atom. The van der Waals surface area contributed by atoms with Crippen LogP contribution in [0.1, 0.15) is 13.8 Å². The molecule has 0 saturated heterocycles. The van der Waals surface area contributed by atoms with Crippen LogP contribution in [0.4, 0.5) is 5.69 Å². The van der Waals surface area contributed by atoms with Crippen LogP contribution in [-0.4, -0.2) is 24.2 Å². The second-order valence-corrected chi connectivity index (χ2v) is 4.66. The zero-order valence-corrected chi connectivity index (χ0v) is 11.4. The lowest BCUT2D eigenvalue weighted by Crippen LogP contribution is -2.21. The van der Waals surface area contributed by atoms with E-state index in [4.69, 9.17) is 16.3 Å². The molecule has 0 amide bonds. The van der Waals surface area contributed by atoms with Crippen molar-refractivity contribution in [2.24, 2.45) is 0 Å². The van der Waals surface area contributed by atoms with E-state index in [0.29, 0.717) is 11.6 Å². The minimum absolute atomic E-state index is 0.256. The van der Waals surface area contributed by atoms with E-state index in [1.165, 1.54) is 0 Å². The second kappa shape index (κ2) is 6.03. The Hall–Kier alpha value is -1.32. The van der Waals surface area contributed by atoms with Gasteiger partial charge in [0, 0.05) is 34.9 Å². The van der Waals surface area contributed by atoms with Crippen molar-refractivity contribution in [2.45, 2.75) is 19.9 Å². The average molecular weight is 265 g/mol. The highest BCUT2D eigenvalue weighted by Gasteiger charge is 2.06. The van der Waals surface area contributed by atoms with E-state index >= 15 is 0 Å². The predicted molar refractivity (Wildman–Crippen MR) is 76.3 cm³/mol. The fourth-order valence-electron chi connectivity index (χ4n) is 1.85. The number of halogens is 1. The summed E-state index contributed by atoms with van der Waals surface area (Å²) in [6, 6.07) is 7.96. The van der Waals surface area contributed by atoms with E-state index in [9.17, 15) is 0 Å². The molecule has 0 saturated carbocycles. The summed E-state index contributed by atoms with van der Waals surface area (Å²) in [7, 11) is 0. The van der Waals surface area contributed by atoms with Crippen molar-refractivity contribution in [3.63, 3.8) is 0 Å². The topological polar surface area (TPSA) is 34.1 Å². The molecule has 2 rings (SSSR count). The van der Waals surface area contributed by atoms with Gasteiger partial charge in [0.05, 0.1) is 12.1 Å². The molecular formula is C14H17ClN2O. The normalized spacial score (nSPS) is 12.6. The number of hydrogen-bond acceptors (Lipinski definition) is 3. The molecule has 0 fully saturated rings. The fraction of sp³-hybridized carbons (Fsp3) is 0.357. The van der Waals surface area contributed by atoms with Crippen LogP contribution in [0, 0.1) is 0 Å². The number of nitrogens with zero attached hydrogens (tertiary/aromatic N) is 1. The molecule has 2 aromatic rings.